The molecule has 1 aromatic rings. The van der Waals surface area contributed by atoms with Crippen LogP contribution in [0.1, 0.15) is 33.5 Å². The smallest absolute Gasteiger partial charge is 0.326 e. The van der Waals surface area contributed by atoms with Gasteiger partial charge in [-0.1, -0.05) is 20.8 Å². The van der Waals surface area contributed by atoms with Crippen LogP contribution in [0.15, 0.2) is 22.8 Å². The van der Waals surface area contributed by atoms with E-state index >= 15 is 0 Å². The molecule has 6 nitrogen and oxygen atoms in total. The fraction of sp³-hybridized carbons (Fsp3) is 0.571. The lowest BCUT2D eigenvalue weighted by Crippen LogP contribution is -2.53. The number of furan rings is 1. The molecule has 112 valence electrons. The van der Waals surface area contributed by atoms with Crippen LogP contribution in [0.5, 0.6) is 0 Å². The third-order valence-electron chi connectivity index (χ3n) is 2.98. The first-order valence-electron chi connectivity index (χ1n) is 6.56. The van der Waals surface area contributed by atoms with Gasteiger partial charge in [-0.05, 0) is 24.5 Å². The highest BCUT2D eigenvalue weighted by Gasteiger charge is 2.33. The third kappa shape index (κ3) is 4.29. The van der Waals surface area contributed by atoms with Gasteiger partial charge < -0.3 is 19.7 Å². The molecule has 0 aliphatic carbocycles. The summed E-state index contributed by atoms with van der Waals surface area (Å²) < 4.78 is 5.20. The number of nitrogens with one attached hydrogen (secondary N) is 1. The molecule has 0 fully saturated rings. The molecule has 0 bridgehead atoms. The third-order valence-corrected chi connectivity index (χ3v) is 2.98. The SMILES string of the molecule is CCN(Cc1ccco1)C(=O)N[C@@H](C(=O)O)C(C)(C)C. The molecular formula is C14H22N2O4. The molecule has 0 aliphatic rings. The summed E-state index contributed by atoms with van der Waals surface area (Å²) in [6.45, 7) is 7.92. The molecule has 0 radical (unpaired) electrons. The predicted molar refractivity (Wildman–Crippen MR) is 74.2 cm³/mol. The van der Waals surface area contributed by atoms with Gasteiger partial charge in [0.15, 0.2) is 0 Å². The van der Waals surface area contributed by atoms with Crippen molar-refractivity contribution in [1.82, 2.24) is 10.2 Å². The number of hydrogen-bond donors (Lipinski definition) is 2. The Morgan fingerprint density at radius 3 is 2.50 bits per heavy atom. The molecule has 0 saturated carbocycles. The first-order chi connectivity index (χ1) is 9.25. The molecule has 1 heterocycles. The van der Waals surface area contributed by atoms with Crippen LogP contribution in [0.2, 0.25) is 0 Å². The van der Waals surface area contributed by atoms with Crippen LogP contribution in [0.25, 0.3) is 0 Å². The van der Waals surface area contributed by atoms with Crippen molar-refractivity contribution in [2.45, 2.75) is 40.3 Å². The predicted octanol–water partition coefficient (Wildman–Crippen LogP) is 2.31. The summed E-state index contributed by atoms with van der Waals surface area (Å²) in [4.78, 5) is 24.9. The second-order valence-corrected chi connectivity index (χ2v) is 5.68. The van der Waals surface area contributed by atoms with Crippen molar-refractivity contribution in [2.75, 3.05) is 6.54 Å². The largest absolute Gasteiger partial charge is 0.480 e. The first-order valence-corrected chi connectivity index (χ1v) is 6.56. The van der Waals surface area contributed by atoms with Crippen LogP contribution in [-0.4, -0.2) is 34.6 Å². The zero-order valence-electron chi connectivity index (χ0n) is 12.3. The number of carbonyl (C=O) groups is 2. The van der Waals surface area contributed by atoms with Crippen LogP contribution in [0, 0.1) is 5.41 Å². The van der Waals surface area contributed by atoms with Gasteiger partial charge in [-0.2, -0.15) is 0 Å². The maximum Gasteiger partial charge on any atom is 0.326 e. The molecule has 0 saturated heterocycles. The number of nitrogens with zero attached hydrogens (tertiary/aromatic N) is 1. The van der Waals surface area contributed by atoms with E-state index in [2.05, 4.69) is 5.32 Å². The summed E-state index contributed by atoms with van der Waals surface area (Å²) in [6.07, 6.45) is 1.54. The zero-order chi connectivity index (χ0) is 15.3. The number of aliphatic carboxylic acids is 1. The summed E-state index contributed by atoms with van der Waals surface area (Å²) in [7, 11) is 0. The molecule has 0 unspecified atom stereocenters. The summed E-state index contributed by atoms with van der Waals surface area (Å²) in [5, 5.41) is 11.8. The van der Waals surface area contributed by atoms with Crippen LogP contribution >= 0.6 is 0 Å². The summed E-state index contributed by atoms with van der Waals surface area (Å²) >= 11 is 0. The van der Waals surface area contributed by atoms with Gasteiger partial charge in [0.05, 0.1) is 12.8 Å². The fourth-order valence-electron chi connectivity index (χ4n) is 1.78. The normalized spacial score (nSPS) is 12.8. The van der Waals surface area contributed by atoms with Crippen molar-refractivity contribution in [3.05, 3.63) is 24.2 Å². The molecule has 0 aliphatic heterocycles. The maximum absolute atomic E-state index is 12.2. The summed E-state index contributed by atoms with van der Waals surface area (Å²) in [6, 6.07) is 2.16. The lowest BCUT2D eigenvalue weighted by Gasteiger charge is -2.30. The maximum atomic E-state index is 12.2. The van der Waals surface area contributed by atoms with E-state index in [4.69, 9.17) is 4.42 Å². The molecule has 6 heteroatoms. The number of hydrogen-bond acceptors (Lipinski definition) is 3. The number of carbonyl (C=O) groups excluding carboxylic acids is 1. The second kappa shape index (κ2) is 6.45. The Labute approximate surface area is 118 Å². The van der Waals surface area contributed by atoms with Crippen molar-refractivity contribution < 1.29 is 19.1 Å². The van der Waals surface area contributed by atoms with E-state index in [0.29, 0.717) is 18.8 Å². The minimum atomic E-state index is -1.04. The Morgan fingerprint density at radius 2 is 2.10 bits per heavy atom. The van der Waals surface area contributed by atoms with Gasteiger partial charge in [0.2, 0.25) is 0 Å². The van der Waals surface area contributed by atoms with E-state index in [0.717, 1.165) is 0 Å². The number of rotatable bonds is 5. The van der Waals surface area contributed by atoms with E-state index in [1.807, 2.05) is 6.92 Å². The van der Waals surface area contributed by atoms with Crippen molar-refractivity contribution in [2.24, 2.45) is 5.41 Å². The number of urea groups is 1. The highest BCUT2D eigenvalue weighted by atomic mass is 16.4. The van der Waals surface area contributed by atoms with Gasteiger partial charge >= 0.3 is 12.0 Å². The van der Waals surface area contributed by atoms with Gasteiger partial charge in [0, 0.05) is 6.54 Å². The van der Waals surface area contributed by atoms with E-state index in [1.54, 1.807) is 32.9 Å². The van der Waals surface area contributed by atoms with Gasteiger partial charge in [-0.3, -0.25) is 0 Å². The molecule has 1 rings (SSSR count). The fourth-order valence-corrected chi connectivity index (χ4v) is 1.78. The molecule has 0 spiro atoms. The van der Waals surface area contributed by atoms with Crippen molar-refractivity contribution in [1.29, 1.82) is 0 Å². The Morgan fingerprint density at radius 1 is 1.45 bits per heavy atom. The van der Waals surface area contributed by atoms with Crippen molar-refractivity contribution >= 4 is 12.0 Å². The van der Waals surface area contributed by atoms with Crippen molar-refractivity contribution in [3.63, 3.8) is 0 Å². The Kier molecular flexibility index (Phi) is 5.19. The molecular weight excluding hydrogens is 260 g/mol. The van der Waals surface area contributed by atoms with Crippen molar-refractivity contribution in [3.8, 4) is 0 Å². The second-order valence-electron chi connectivity index (χ2n) is 5.68. The Hall–Kier alpha value is -1.98. The standard InChI is InChI=1S/C14H22N2O4/c1-5-16(9-10-7-6-8-20-10)13(19)15-11(12(17)18)14(2,3)4/h6-8,11H,5,9H2,1-4H3,(H,15,19)(H,17,18)/t11-/m0/s1. The lowest BCUT2D eigenvalue weighted by atomic mass is 9.87. The van der Waals surface area contributed by atoms with Crippen LogP contribution in [0.3, 0.4) is 0 Å². The molecule has 20 heavy (non-hydrogen) atoms. The summed E-state index contributed by atoms with van der Waals surface area (Å²) in [5.41, 5.74) is -0.564. The average molecular weight is 282 g/mol. The van der Waals surface area contributed by atoms with Crippen LogP contribution in [0.4, 0.5) is 4.79 Å². The summed E-state index contributed by atoms with van der Waals surface area (Å²) in [5.74, 6) is -0.385. The molecule has 0 aromatic carbocycles. The minimum absolute atomic E-state index is 0.311. The van der Waals surface area contributed by atoms with E-state index < -0.39 is 23.5 Å². The van der Waals surface area contributed by atoms with Gasteiger partial charge in [0.1, 0.15) is 11.8 Å². The van der Waals surface area contributed by atoms with E-state index in [9.17, 15) is 14.7 Å². The Bertz CT molecular complexity index is 448. The molecule has 2 amide bonds. The molecule has 1 atom stereocenters. The highest BCUT2D eigenvalue weighted by Crippen LogP contribution is 2.20. The van der Waals surface area contributed by atoms with Gasteiger partial charge in [-0.15, -0.1) is 0 Å². The van der Waals surface area contributed by atoms with Crippen LogP contribution in [-0.2, 0) is 11.3 Å². The number of carboxylic acids is 1. The van der Waals surface area contributed by atoms with E-state index in [-0.39, 0.29) is 0 Å². The topological polar surface area (TPSA) is 82.8 Å². The first kappa shape index (κ1) is 16.1. The monoisotopic (exact) mass is 282 g/mol. The number of carboxylic acid groups (broad SMARTS) is 1. The molecule has 1 aromatic heterocycles. The highest BCUT2D eigenvalue weighted by molar-refractivity contribution is 5.83. The van der Waals surface area contributed by atoms with Gasteiger partial charge in [0.25, 0.3) is 0 Å². The minimum Gasteiger partial charge on any atom is -0.480 e. The quantitative estimate of drug-likeness (QED) is 0.868. The van der Waals surface area contributed by atoms with E-state index in [1.165, 1.54) is 11.2 Å². The zero-order valence-corrected chi connectivity index (χ0v) is 12.3. The van der Waals surface area contributed by atoms with Crippen LogP contribution < -0.4 is 5.32 Å². The molecule has 2 N–H and O–H groups in total. The van der Waals surface area contributed by atoms with Gasteiger partial charge in [-0.25, -0.2) is 9.59 Å². The average Bonchev–Trinajstić information content (AvgIpc) is 2.83. The number of amides is 2. The Balaban J connectivity index is 2.73. The lowest BCUT2D eigenvalue weighted by molar-refractivity contribution is -0.142.